The van der Waals surface area contributed by atoms with Gasteiger partial charge in [0.1, 0.15) is 10.8 Å². The number of carbonyl (C=O) groups is 1. The van der Waals surface area contributed by atoms with Crippen molar-refractivity contribution in [3.05, 3.63) is 82.2 Å². The largest absolute Gasteiger partial charge is 0.311 e. The number of anilines is 1. The molecule has 0 bridgehead atoms. The molecule has 0 aliphatic heterocycles. The molecular formula is C20H16BrN5OS. The van der Waals surface area contributed by atoms with Gasteiger partial charge in [-0.2, -0.15) is 5.10 Å². The van der Waals surface area contributed by atoms with Gasteiger partial charge in [-0.05, 0) is 29.8 Å². The van der Waals surface area contributed by atoms with Gasteiger partial charge in [0.15, 0.2) is 0 Å². The Morgan fingerprint density at radius 1 is 1.14 bits per heavy atom. The van der Waals surface area contributed by atoms with Crippen molar-refractivity contribution in [1.82, 2.24) is 19.7 Å². The zero-order valence-corrected chi connectivity index (χ0v) is 17.2. The molecule has 0 radical (unpaired) electrons. The number of nitrogens with one attached hydrogen (secondary N) is 1. The average molecular weight is 454 g/mol. The second kappa shape index (κ2) is 8.45. The number of halogens is 1. The third kappa shape index (κ3) is 4.52. The fourth-order valence-corrected chi connectivity index (χ4v) is 3.76. The Labute approximate surface area is 174 Å². The average Bonchev–Trinajstić information content (AvgIpc) is 3.34. The summed E-state index contributed by atoms with van der Waals surface area (Å²) in [6, 6.07) is 13.6. The van der Waals surface area contributed by atoms with Crippen LogP contribution in [0.2, 0.25) is 0 Å². The predicted octanol–water partition coefficient (Wildman–Crippen LogP) is 4.39. The number of aromatic nitrogens is 4. The van der Waals surface area contributed by atoms with Crippen LogP contribution in [-0.4, -0.2) is 25.7 Å². The minimum atomic E-state index is -0.124. The summed E-state index contributed by atoms with van der Waals surface area (Å²) < 4.78 is 2.79. The topological polar surface area (TPSA) is 72.7 Å². The van der Waals surface area contributed by atoms with Crippen molar-refractivity contribution in [2.75, 3.05) is 5.32 Å². The van der Waals surface area contributed by atoms with E-state index in [1.807, 2.05) is 41.8 Å². The first-order valence-corrected chi connectivity index (χ1v) is 10.3. The maximum Gasteiger partial charge on any atom is 0.231 e. The Bertz CT molecular complexity index is 1080. The summed E-state index contributed by atoms with van der Waals surface area (Å²) in [5, 5.41) is 9.99. The molecule has 140 valence electrons. The molecule has 0 atom stereocenters. The van der Waals surface area contributed by atoms with Crippen LogP contribution in [0.1, 0.15) is 11.3 Å². The Morgan fingerprint density at radius 3 is 2.79 bits per heavy atom. The van der Waals surface area contributed by atoms with Gasteiger partial charge in [0.2, 0.25) is 5.91 Å². The molecule has 0 saturated carbocycles. The fourth-order valence-electron chi connectivity index (χ4n) is 2.69. The smallest absolute Gasteiger partial charge is 0.231 e. The molecular weight excluding hydrogens is 438 g/mol. The number of hydrogen-bond acceptors (Lipinski definition) is 5. The number of benzene rings is 1. The van der Waals surface area contributed by atoms with Crippen LogP contribution in [0.4, 0.5) is 5.82 Å². The van der Waals surface area contributed by atoms with Gasteiger partial charge in [0.05, 0.1) is 24.9 Å². The number of hydrogen-bond donors (Lipinski definition) is 1. The Balaban J connectivity index is 1.40. The van der Waals surface area contributed by atoms with Gasteiger partial charge >= 0.3 is 0 Å². The van der Waals surface area contributed by atoms with E-state index in [1.165, 1.54) is 11.3 Å². The van der Waals surface area contributed by atoms with Crippen LogP contribution in [0, 0.1) is 0 Å². The van der Waals surface area contributed by atoms with Crippen LogP contribution in [-0.2, 0) is 17.8 Å². The first-order chi connectivity index (χ1) is 13.7. The molecule has 1 amide bonds. The summed E-state index contributed by atoms with van der Waals surface area (Å²) in [7, 11) is 0. The second-order valence-corrected chi connectivity index (χ2v) is 7.88. The van der Waals surface area contributed by atoms with Crippen molar-refractivity contribution in [2.24, 2.45) is 0 Å². The lowest BCUT2D eigenvalue weighted by Gasteiger charge is -2.09. The molecule has 0 spiro atoms. The van der Waals surface area contributed by atoms with Crippen LogP contribution in [0.3, 0.4) is 0 Å². The summed E-state index contributed by atoms with van der Waals surface area (Å²) >= 11 is 4.94. The summed E-state index contributed by atoms with van der Waals surface area (Å²) in [4.78, 5) is 21.1. The normalized spacial score (nSPS) is 10.8. The van der Waals surface area contributed by atoms with Crippen molar-refractivity contribution in [1.29, 1.82) is 0 Å². The molecule has 28 heavy (non-hydrogen) atoms. The Hall–Kier alpha value is -2.84. The quantitative estimate of drug-likeness (QED) is 0.469. The number of nitrogens with zero attached hydrogens (tertiary/aromatic N) is 4. The SMILES string of the molecule is O=C(Cc1csc(-c2cccnc2)n1)Nc1ccnn1Cc1ccc(Br)cc1. The maximum atomic E-state index is 12.5. The summed E-state index contributed by atoms with van der Waals surface area (Å²) in [5.41, 5.74) is 2.79. The maximum absolute atomic E-state index is 12.5. The second-order valence-electron chi connectivity index (χ2n) is 6.11. The van der Waals surface area contributed by atoms with Gasteiger partial charge in [-0.1, -0.05) is 28.1 Å². The van der Waals surface area contributed by atoms with Crippen molar-refractivity contribution >= 4 is 39.0 Å². The molecule has 0 saturated heterocycles. The highest BCUT2D eigenvalue weighted by Gasteiger charge is 2.12. The lowest BCUT2D eigenvalue weighted by atomic mass is 10.2. The highest BCUT2D eigenvalue weighted by atomic mass is 79.9. The number of rotatable bonds is 6. The lowest BCUT2D eigenvalue weighted by molar-refractivity contribution is -0.115. The Morgan fingerprint density at radius 2 is 2.00 bits per heavy atom. The van der Waals surface area contributed by atoms with Crippen molar-refractivity contribution in [3.63, 3.8) is 0 Å². The molecule has 0 aliphatic carbocycles. The van der Waals surface area contributed by atoms with Gasteiger partial charge in [0.25, 0.3) is 0 Å². The van der Waals surface area contributed by atoms with Crippen LogP contribution in [0.15, 0.2) is 70.9 Å². The van der Waals surface area contributed by atoms with E-state index in [0.29, 0.717) is 12.4 Å². The minimum Gasteiger partial charge on any atom is -0.311 e. The standard InChI is InChI=1S/C20H16BrN5OS/c21-16-5-3-14(4-6-16)12-26-18(7-9-23-26)25-19(27)10-17-13-28-20(24-17)15-2-1-8-22-11-15/h1-9,11,13H,10,12H2,(H,25,27). The molecule has 6 nitrogen and oxygen atoms in total. The summed E-state index contributed by atoms with van der Waals surface area (Å²) in [6.07, 6.45) is 5.38. The molecule has 3 aromatic heterocycles. The molecule has 0 unspecified atom stereocenters. The molecule has 4 aromatic rings. The highest BCUT2D eigenvalue weighted by Crippen LogP contribution is 2.23. The number of pyridine rings is 1. The van der Waals surface area contributed by atoms with Crippen LogP contribution in [0.25, 0.3) is 10.6 Å². The molecule has 0 aliphatic rings. The fraction of sp³-hybridized carbons (Fsp3) is 0.100. The van der Waals surface area contributed by atoms with E-state index >= 15 is 0 Å². The third-order valence-corrected chi connectivity index (χ3v) is 5.50. The molecule has 8 heteroatoms. The third-order valence-electron chi connectivity index (χ3n) is 4.03. The zero-order valence-electron chi connectivity index (χ0n) is 14.7. The van der Waals surface area contributed by atoms with Crippen LogP contribution < -0.4 is 5.32 Å². The summed E-state index contributed by atoms with van der Waals surface area (Å²) in [6.45, 7) is 0.581. The zero-order chi connectivity index (χ0) is 19.3. The highest BCUT2D eigenvalue weighted by molar-refractivity contribution is 9.10. The predicted molar refractivity (Wildman–Crippen MR) is 113 cm³/mol. The van der Waals surface area contributed by atoms with Gasteiger partial charge < -0.3 is 5.32 Å². The molecule has 1 N–H and O–H groups in total. The Kier molecular flexibility index (Phi) is 5.59. The van der Waals surface area contributed by atoms with E-state index in [0.717, 1.165) is 26.3 Å². The van der Waals surface area contributed by atoms with Crippen LogP contribution >= 0.6 is 27.3 Å². The first-order valence-electron chi connectivity index (χ1n) is 8.58. The first kappa shape index (κ1) is 18.5. The van der Waals surface area contributed by atoms with E-state index in [9.17, 15) is 4.79 Å². The van der Waals surface area contributed by atoms with Crippen molar-refractivity contribution in [2.45, 2.75) is 13.0 Å². The van der Waals surface area contributed by atoms with E-state index in [-0.39, 0.29) is 12.3 Å². The molecule has 4 rings (SSSR count). The van der Waals surface area contributed by atoms with E-state index in [1.54, 1.807) is 29.3 Å². The number of amides is 1. The van der Waals surface area contributed by atoms with E-state index < -0.39 is 0 Å². The van der Waals surface area contributed by atoms with Crippen molar-refractivity contribution < 1.29 is 4.79 Å². The van der Waals surface area contributed by atoms with Gasteiger partial charge in [-0.25, -0.2) is 9.67 Å². The monoisotopic (exact) mass is 453 g/mol. The molecule has 3 heterocycles. The number of carbonyl (C=O) groups excluding carboxylic acids is 1. The van der Waals surface area contributed by atoms with Crippen molar-refractivity contribution in [3.8, 4) is 10.6 Å². The van der Waals surface area contributed by atoms with E-state index in [4.69, 9.17) is 0 Å². The lowest BCUT2D eigenvalue weighted by Crippen LogP contribution is -2.18. The van der Waals surface area contributed by atoms with Gasteiger partial charge in [-0.3, -0.25) is 9.78 Å². The molecule has 1 aromatic carbocycles. The molecule has 0 fully saturated rings. The van der Waals surface area contributed by atoms with Gasteiger partial charge in [-0.15, -0.1) is 11.3 Å². The van der Waals surface area contributed by atoms with Gasteiger partial charge in [0, 0.05) is 33.9 Å². The number of thiazole rings is 1. The van der Waals surface area contributed by atoms with E-state index in [2.05, 4.69) is 36.3 Å². The minimum absolute atomic E-state index is 0.124. The van der Waals surface area contributed by atoms with Crippen LogP contribution in [0.5, 0.6) is 0 Å². The summed E-state index contributed by atoms with van der Waals surface area (Å²) in [5.74, 6) is 0.538.